The first kappa shape index (κ1) is 11.9. The average molecular weight is 240 g/mol. The van der Waals surface area contributed by atoms with Crippen molar-refractivity contribution in [2.45, 2.75) is 24.8 Å². The molecular formula is C13H18ClNO. The second kappa shape index (κ2) is 5.67. The molecule has 1 aromatic carbocycles. The second-order valence-corrected chi connectivity index (χ2v) is 4.74. The van der Waals surface area contributed by atoms with Gasteiger partial charge >= 0.3 is 0 Å². The molecule has 0 heterocycles. The van der Waals surface area contributed by atoms with Crippen LogP contribution in [0, 0.1) is 0 Å². The van der Waals surface area contributed by atoms with E-state index in [1.807, 2.05) is 12.1 Å². The summed E-state index contributed by atoms with van der Waals surface area (Å²) >= 11 is 6.17. The molecule has 0 aromatic heterocycles. The van der Waals surface area contributed by atoms with E-state index >= 15 is 0 Å². The van der Waals surface area contributed by atoms with Crippen LogP contribution < -0.4 is 5.32 Å². The maximum Gasteiger partial charge on any atom is 0.0587 e. The van der Waals surface area contributed by atoms with E-state index in [1.165, 1.54) is 18.4 Å². The Balaban J connectivity index is 1.78. The van der Waals surface area contributed by atoms with Crippen molar-refractivity contribution in [3.05, 3.63) is 34.9 Å². The second-order valence-electron chi connectivity index (χ2n) is 4.33. The summed E-state index contributed by atoms with van der Waals surface area (Å²) in [6.07, 6.45) is 2.38. The molecule has 16 heavy (non-hydrogen) atoms. The van der Waals surface area contributed by atoms with E-state index in [2.05, 4.69) is 17.4 Å². The van der Waals surface area contributed by atoms with Crippen LogP contribution in [-0.2, 0) is 4.74 Å². The van der Waals surface area contributed by atoms with Crippen molar-refractivity contribution in [2.75, 3.05) is 20.3 Å². The van der Waals surface area contributed by atoms with Gasteiger partial charge < -0.3 is 10.1 Å². The summed E-state index contributed by atoms with van der Waals surface area (Å²) in [7, 11) is 1.73. The van der Waals surface area contributed by atoms with Crippen LogP contribution in [-0.4, -0.2) is 26.3 Å². The lowest BCUT2D eigenvalue weighted by Crippen LogP contribution is -2.41. The van der Waals surface area contributed by atoms with E-state index in [9.17, 15) is 0 Å². The van der Waals surface area contributed by atoms with Crippen LogP contribution in [0.4, 0.5) is 0 Å². The van der Waals surface area contributed by atoms with Gasteiger partial charge in [-0.15, -0.1) is 0 Å². The van der Waals surface area contributed by atoms with Crippen LogP contribution in [0.1, 0.15) is 24.3 Å². The van der Waals surface area contributed by atoms with Gasteiger partial charge in [0.05, 0.1) is 6.61 Å². The third kappa shape index (κ3) is 2.76. The molecule has 0 unspecified atom stereocenters. The van der Waals surface area contributed by atoms with E-state index in [-0.39, 0.29) is 0 Å². The molecule has 88 valence electrons. The monoisotopic (exact) mass is 239 g/mol. The Morgan fingerprint density at radius 3 is 2.81 bits per heavy atom. The zero-order valence-corrected chi connectivity index (χ0v) is 10.3. The highest BCUT2D eigenvalue weighted by Gasteiger charge is 2.30. The molecule has 0 amide bonds. The predicted molar refractivity (Wildman–Crippen MR) is 67.1 cm³/mol. The lowest BCUT2D eigenvalue weighted by atomic mass is 9.76. The zero-order chi connectivity index (χ0) is 11.4. The highest BCUT2D eigenvalue weighted by atomic mass is 35.5. The number of rotatable bonds is 5. The Morgan fingerprint density at radius 2 is 2.12 bits per heavy atom. The van der Waals surface area contributed by atoms with Gasteiger partial charge in [-0.25, -0.2) is 0 Å². The third-order valence-electron chi connectivity index (χ3n) is 3.22. The predicted octanol–water partition coefficient (Wildman–Crippen LogP) is 2.82. The maximum absolute atomic E-state index is 6.17. The van der Waals surface area contributed by atoms with Crippen LogP contribution in [0.5, 0.6) is 0 Å². The number of hydrogen-bond donors (Lipinski definition) is 1. The fraction of sp³-hybridized carbons (Fsp3) is 0.538. The van der Waals surface area contributed by atoms with Gasteiger partial charge in [-0.3, -0.25) is 0 Å². The topological polar surface area (TPSA) is 21.3 Å². The number of benzene rings is 1. The van der Waals surface area contributed by atoms with Crippen LogP contribution >= 0.6 is 11.6 Å². The fourth-order valence-corrected chi connectivity index (χ4v) is 2.50. The summed E-state index contributed by atoms with van der Waals surface area (Å²) in [5, 5.41) is 4.38. The first-order valence-electron chi connectivity index (χ1n) is 5.78. The van der Waals surface area contributed by atoms with Gasteiger partial charge in [-0.1, -0.05) is 29.8 Å². The molecule has 0 radical (unpaired) electrons. The molecule has 1 N–H and O–H groups in total. The summed E-state index contributed by atoms with van der Waals surface area (Å²) in [6.45, 7) is 1.73. The van der Waals surface area contributed by atoms with Gasteiger partial charge in [-0.2, -0.15) is 0 Å². The molecule has 1 aliphatic carbocycles. The molecule has 2 rings (SSSR count). The van der Waals surface area contributed by atoms with E-state index < -0.39 is 0 Å². The van der Waals surface area contributed by atoms with Crippen molar-refractivity contribution < 1.29 is 4.74 Å². The van der Waals surface area contributed by atoms with Gasteiger partial charge in [0.1, 0.15) is 0 Å². The molecule has 0 bridgehead atoms. The highest BCUT2D eigenvalue weighted by molar-refractivity contribution is 6.31. The summed E-state index contributed by atoms with van der Waals surface area (Å²) in [5.41, 5.74) is 1.30. The van der Waals surface area contributed by atoms with Crippen LogP contribution in [0.3, 0.4) is 0 Å². The van der Waals surface area contributed by atoms with E-state index in [0.29, 0.717) is 12.0 Å². The van der Waals surface area contributed by atoms with Crippen molar-refractivity contribution in [3.8, 4) is 0 Å². The smallest absolute Gasteiger partial charge is 0.0587 e. The SMILES string of the molecule is COCCNC1CC(c2ccccc2Cl)C1. The number of nitrogens with one attached hydrogen (secondary N) is 1. The molecule has 0 atom stereocenters. The molecule has 3 heteroatoms. The minimum Gasteiger partial charge on any atom is -0.383 e. The summed E-state index contributed by atoms with van der Waals surface area (Å²) in [6, 6.07) is 8.79. The highest BCUT2D eigenvalue weighted by Crippen LogP contribution is 2.39. The van der Waals surface area contributed by atoms with Crippen LogP contribution in [0.15, 0.2) is 24.3 Å². The first-order valence-corrected chi connectivity index (χ1v) is 6.16. The Labute approximate surface area is 102 Å². The lowest BCUT2D eigenvalue weighted by molar-refractivity contribution is 0.184. The minimum absolute atomic E-state index is 0.633. The molecule has 2 nitrogen and oxygen atoms in total. The van der Waals surface area contributed by atoms with Gasteiger partial charge in [0.2, 0.25) is 0 Å². The fourth-order valence-electron chi connectivity index (χ4n) is 2.21. The van der Waals surface area contributed by atoms with Crippen molar-refractivity contribution in [2.24, 2.45) is 0 Å². The molecule has 1 fully saturated rings. The lowest BCUT2D eigenvalue weighted by Gasteiger charge is -2.36. The Bertz CT molecular complexity index is 336. The maximum atomic E-state index is 6.17. The Morgan fingerprint density at radius 1 is 1.38 bits per heavy atom. The molecule has 0 aliphatic heterocycles. The van der Waals surface area contributed by atoms with Crippen LogP contribution in [0.2, 0.25) is 5.02 Å². The average Bonchev–Trinajstić information content (AvgIpc) is 2.23. The summed E-state index contributed by atoms with van der Waals surface area (Å²) < 4.78 is 5.01. The van der Waals surface area contributed by atoms with Crippen molar-refractivity contribution >= 4 is 11.6 Å². The van der Waals surface area contributed by atoms with Crippen molar-refractivity contribution in [1.29, 1.82) is 0 Å². The minimum atomic E-state index is 0.633. The van der Waals surface area contributed by atoms with Gasteiger partial charge in [0, 0.05) is 24.7 Å². The number of methoxy groups -OCH3 is 1. The molecule has 1 saturated carbocycles. The van der Waals surface area contributed by atoms with Gasteiger partial charge in [-0.05, 0) is 30.4 Å². The van der Waals surface area contributed by atoms with Crippen molar-refractivity contribution in [1.82, 2.24) is 5.32 Å². The normalized spacial score (nSPS) is 24.1. The molecular weight excluding hydrogens is 222 g/mol. The molecule has 0 spiro atoms. The molecule has 1 aliphatic rings. The number of ether oxygens (including phenoxy) is 1. The zero-order valence-electron chi connectivity index (χ0n) is 9.58. The summed E-state index contributed by atoms with van der Waals surface area (Å²) in [5.74, 6) is 0.633. The Hall–Kier alpha value is -0.570. The van der Waals surface area contributed by atoms with Crippen LogP contribution in [0.25, 0.3) is 0 Å². The quantitative estimate of drug-likeness (QED) is 0.798. The Kier molecular flexibility index (Phi) is 4.22. The van der Waals surface area contributed by atoms with E-state index in [4.69, 9.17) is 16.3 Å². The first-order chi connectivity index (χ1) is 7.81. The van der Waals surface area contributed by atoms with Gasteiger partial charge in [0.15, 0.2) is 0 Å². The third-order valence-corrected chi connectivity index (χ3v) is 3.57. The number of hydrogen-bond acceptors (Lipinski definition) is 2. The standard InChI is InChI=1S/C13H18ClNO/c1-16-7-6-15-11-8-10(9-11)12-4-2-3-5-13(12)14/h2-5,10-11,15H,6-9H2,1H3. The van der Waals surface area contributed by atoms with E-state index in [0.717, 1.165) is 18.2 Å². The van der Waals surface area contributed by atoms with E-state index in [1.54, 1.807) is 7.11 Å². The van der Waals surface area contributed by atoms with Gasteiger partial charge in [0.25, 0.3) is 0 Å². The van der Waals surface area contributed by atoms with Crippen molar-refractivity contribution in [3.63, 3.8) is 0 Å². The summed E-state index contributed by atoms with van der Waals surface area (Å²) in [4.78, 5) is 0. The molecule has 0 saturated heterocycles. The number of halogens is 1. The largest absolute Gasteiger partial charge is 0.383 e. The molecule has 1 aromatic rings.